The van der Waals surface area contributed by atoms with E-state index in [9.17, 15) is 0 Å². The van der Waals surface area contributed by atoms with Gasteiger partial charge in [-0.15, -0.1) is 0 Å². The molecule has 0 atom stereocenters. The third kappa shape index (κ3) is 1.59. The van der Waals surface area contributed by atoms with Crippen LogP contribution in [0.25, 0.3) is 32.3 Å². The Labute approximate surface area is 149 Å². The van der Waals surface area contributed by atoms with Crippen molar-refractivity contribution < 1.29 is 0 Å². The van der Waals surface area contributed by atoms with Gasteiger partial charge in [0, 0.05) is 5.41 Å². The minimum absolute atomic E-state index is 0.0960. The topological polar surface area (TPSA) is 0 Å². The first-order chi connectivity index (χ1) is 12.1. The summed E-state index contributed by atoms with van der Waals surface area (Å²) in [7, 11) is 0. The number of benzene rings is 4. The van der Waals surface area contributed by atoms with Crippen molar-refractivity contribution in [1.29, 1.82) is 0 Å². The normalized spacial score (nSPS) is 15.4. The molecule has 1 aliphatic rings. The Kier molecular flexibility index (Phi) is 2.90. The molecule has 25 heavy (non-hydrogen) atoms. The van der Waals surface area contributed by atoms with Gasteiger partial charge in [-0.25, -0.2) is 0 Å². The second kappa shape index (κ2) is 4.85. The monoisotopic (exact) mass is 324 g/mol. The Balaban J connectivity index is 2.16. The van der Waals surface area contributed by atoms with Gasteiger partial charge in [-0.3, -0.25) is 0 Å². The predicted molar refractivity (Wildman–Crippen MR) is 109 cm³/mol. The van der Waals surface area contributed by atoms with Gasteiger partial charge >= 0.3 is 0 Å². The Morgan fingerprint density at radius 2 is 0.920 bits per heavy atom. The zero-order chi connectivity index (χ0) is 17.3. The molecule has 0 bridgehead atoms. The zero-order valence-electron chi connectivity index (χ0n) is 15.4. The molecule has 124 valence electrons. The molecule has 0 fully saturated rings. The van der Waals surface area contributed by atoms with Crippen LogP contribution in [0.4, 0.5) is 0 Å². The van der Waals surface area contributed by atoms with Gasteiger partial charge in [-0.2, -0.15) is 0 Å². The second-order valence-electron chi connectivity index (χ2n) is 8.18. The van der Waals surface area contributed by atoms with Crippen molar-refractivity contribution in [2.24, 2.45) is 11.8 Å². The van der Waals surface area contributed by atoms with Gasteiger partial charge in [0.1, 0.15) is 0 Å². The van der Waals surface area contributed by atoms with Crippen LogP contribution in [0.1, 0.15) is 38.8 Å². The van der Waals surface area contributed by atoms with E-state index < -0.39 is 0 Å². The molecule has 4 aromatic carbocycles. The van der Waals surface area contributed by atoms with Crippen molar-refractivity contribution in [3.05, 3.63) is 71.8 Å². The average molecular weight is 324 g/mol. The number of fused-ring (bicyclic) bond motifs is 3. The number of hydrogen-bond donors (Lipinski definition) is 0. The number of rotatable bonds is 2. The second-order valence-corrected chi connectivity index (χ2v) is 8.18. The summed E-state index contributed by atoms with van der Waals surface area (Å²) in [6.07, 6.45) is 0. The van der Waals surface area contributed by atoms with E-state index in [1.54, 1.807) is 0 Å². The van der Waals surface area contributed by atoms with E-state index in [0.29, 0.717) is 11.8 Å². The van der Waals surface area contributed by atoms with E-state index in [-0.39, 0.29) is 5.41 Å². The van der Waals surface area contributed by atoms with Gasteiger partial charge in [0.2, 0.25) is 0 Å². The van der Waals surface area contributed by atoms with Crippen LogP contribution >= 0.6 is 0 Å². The molecule has 0 saturated heterocycles. The first-order valence-corrected chi connectivity index (χ1v) is 9.45. The molecule has 0 nitrogen and oxygen atoms in total. The summed E-state index contributed by atoms with van der Waals surface area (Å²) in [5, 5.41) is 8.58. The van der Waals surface area contributed by atoms with E-state index in [2.05, 4.69) is 88.4 Å². The number of hydrogen-bond acceptors (Lipinski definition) is 0. The van der Waals surface area contributed by atoms with Crippen LogP contribution in [0.3, 0.4) is 0 Å². The Morgan fingerprint density at radius 3 is 1.32 bits per heavy atom. The van der Waals surface area contributed by atoms with Crippen LogP contribution in [0, 0.1) is 11.8 Å². The van der Waals surface area contributed by atoms with Crippen LogP contribution in [0.15, 0.2) is 60.7 Å². The van der Waals surface area contributed by atoms with Gasteiger partial charge in [0.15, 0.2) is 0 Å². The lowest BCUT2D eigenvalue weighted by atomic mass is 9.62. The lowest BCUT2D eigenvalue weighted by molar-refractivity contribution is 0.281. The van der Waals surface area contributed by atoms with Crippen molar-refractivity contribution >= 4 is 32.3 Å². The third-order valence-corrected chi connectivity index (χ3v) is 6.60. The molecule has 5 rings (SSSR count). The molecule has 0 radical (unpaired) electrons. The molecule has 0 heteroatoms. The summed E-state index contributed by atoms with van der Waals surface area (Å²) >= 11 is 0. The summed E-state index contributed by atoms with van der Waals surface area (Å²) in [5.41, 5.74) is 3.16. The van der Waals surface area contributed by atoms with E-state index in [1.165, 1.54) is 43.4 Å². The standard InChI is InChI=1S/C25H24/c1-15(2)25(16(3)4)21-13-7-11-19-17-9-5-6-10-18(17)20-12-8-14-22(25)24(20)23(19)21/h5-16H,1-4H3. The van der Waals surface area contributed by atoms with Crippen molar-refractivity contribution in [1.82, 2.24) is 0 Å². The molecule has 0 heterocycles. The summed E-state index contributed by atoms with van der Waals surface area (Å²) in [4.78, 5) is 0. The lowest BCUT2D eigenvalue weighted by Gasteiger charge is -2.40. The Morgan fingerprint density at radius 1 is 0.520 bits per heavy atom. The highest BCUT2D eigenvalue weighted by atomic mass is 14.5. The summed E-state index contributed by atoms with van der Waals surface area (Å²) < 4.78 is 0. The minimum atomic E-state index is 0.0960. The molecule has 1 aliphatic carbocycles. The first-order valence-electron chi connectivity index (χ1n) is 9.45. The molecular formula is C25H24. The molecule has 4 aromatic rings. The van der Waals surface area contributed by atoms with Gasteiger partial charge in [0.25, 0.3) is 0 Å². The fraction of sp³-hybridized carbons (Fsp3) is 0.280. The van der Waals surface area contributed by atoms with Crippen molar-refractivity contribution in [3.63, 3.8) is 0 Å². The van der Waals surface area contributed by atoms with Crippen LogP contribution in [-0.4, -0.2) is 0 Å². The summed E-state index contributed by atoms with van der Waals surface area (Å²) in [6.45, 7) is 9.57. The molecule has 0 spiro atoms. The Bertz CT molecular complexity index is 1050. The zero-order valence-corrected chi connectivity index (χ0v) is 15.4. The van der Waals surface area contributed by atoms with E-state index in [4.69, 9.17) is 0 Å². The molecule has 0 unspecified atom stereocenters. The molecule has 0 aromatic heterocycles. The van der Waals surface area contributed by atoms with E-state index >= 15 is 0 Å². The Hall–Kier alpha value is -2.34. The van der Waals surface area contributed by atoms with Crippen LogP contribution in [-0.2, 0) is 5.41 Å². The van der Waals surface area contributed by atoms with Gasteiger partial charge < -0.3 is 0 Å². The molecule has 0 saturated carbocycles. The van der Waals surface area contributed by atoms with Gasteiger partial charge in [-0.1, -0.05) is 88.4 Å². The maximum Gasteiger partial charge on any atom is 0.0261 e. The maximum atomic E-state index is 2.39. The summed E-state index contributed by atoms with van der Waals surface area (Å²) in [6, 6.07) is 22.8. The first kappa shape index (κ1) is 15.0. The largest absolute Gasteiger partial charge is 0.0616 e. The maximum absolute atomic E-state index is 2.39. The predicted octanol–water partition coefficient (Wildman–Crippen LogP) is 7.06. The molecule has 0 aliphatic heterocycles. The van der Waals surface area contributed by atoms with E-state index in [0.717, 1.165) is 0 Å². The average Bonchev–Trinajstić information content (AvgIpc) is 2.93. The smallest absolute Gasteiger partial charge is 0.0261 e. The SMILES string of the molecule is CC(C)C1(C(C)C)c2cccc3c4ccccc4c4cccc1c4c23. The van der Waals surface area contributed by atoms with Crippen molar-refractivity contribution in [3.8, 4) is 0 Å². The highest BCUT2D eigenvalue weighted by molar-refractivity contribution is 6.28. The molecule has 0 N–H and O–H groups in total. The van der Waals surface area contributed by atoms with Gasteiger partial charge in [-0.05, 0) is 55.3 Å². The highest BCUT2D eigenvalue weighted by Gasteiger charge is 2.46. The van der Waals surface area contributed by atoms with Gasteiger partial charge in [0.05, 0.1) is 0 Å². The molecular weight excluding hydrogens is 300 g/mol. The quantitative estimate of drug-likeness (QED) is 0.346. The fourth-order valence-corrected chi connectivity index (χ4v) is 5.79. The van der Waals surface area contributed by atoms with E-state index in [1.807, 2.05) is 0 Å². The van der Waals surface area contributed by atoms with Crippen LogP contribution < -0.4 is 0 Å². The van der Waals surface area contributed by atoms with Crippen LogP contribution in [0.5, 0.6) is 0 Å². The minimum Gasteiger partial charge on any atom is -0.0616 e. The molecule has 0 amide bonds. The third-order valence-electron chi connectivity index (χ3n) is 6.60. The highest BCUT2D eigenvalue weighted by Crippen LogP contribution is 2.57. The summed E-state index contributed by atoms with van der Waals surface area (Å²) in [5.74, 6) is 1.11. The fourth-order valence-electron chi connectivity index (χ4n) is 5.79. The lowest BCUT2D eigenvalue weighted by Crippen LogP contribution is -2.37. The van der Waals surface area contributed by atoms with Crippen molar-refractivity contribution in [2.75, 3.05) is 0 Å². The van der Waals surface area contributed by atoms with Crippen molar-refractivity contribution in [2.45, 2.75) is 33.1 Å². The van der Waals surface area contributed by atoms with Crippen LogP contribution in [0.2, 0.25) is 0 Å².